The van der Waals surface area contributed by atoms with E-state index in [0.717, 1.165) is 17.0 Å². The van der Waals surface area contributed by atoms with Crippen molar-refractivity contribution in [2.45, 2.75) is 39.1 Å². The highest BCUT2D eigenvalue weighted by Crippen LogP contribution is 2.34. The molecule has 0 heterocycles. The summed E-state index contributed by atoms with van der Waals surface area (Å²) >= 11 is 5.85. The highest BCUT2D eigenvalue weighted by Gasteiger charge is 2.34. The van der Waals surface area contributed by atoms with Crippen molar-refractivity contribution >= 4 is 29.4 Å². The van der Waals surface area contributed by atoms with E-state index in [1.807, 2.05) is 0 Å². The van der Waals surface area contributed by atoms with E-state index in [0.29, 0.717) is 16.7 Å². The Morgan fingerprint density at radius 3 is 2.14 bits per heavy atom. The number of hydrogen-bond acceptors (Lipinski definition) is 3. The lowest BCUT2D eigenvalue weighted by Crippen LogP contribution is -2.37. The van der Waals surface area contributed by atoms with Gasteiger partial charge in [0, 0.05) is 5.02 Å². The minimum Gasteiger partial charge on any atom is -0.478 e. The fraction of sp³-hybridized carbons (Fsp3) is 0.300. The maximum atomic E-state index is 13.0. The van der Waals surface area contributed by atoms with E-state index in [9.17, 15) is 27.9 Å². The second-order valence-corrected chi connectivity index (χ2v) is 7.66. The molecule has 2 rings (SSSR count). The van der Waals surface area contributed by atoms with E-state index in [1.54, 1.807) is 45.0 Å². The van der Waals surface area contributed by atoms with Crippen LogP contribution < -0.4 is 4.90 Å². The number of nitrogens with zero attached hydrogens (tertiary/aromatic N) is 1. The minimum absolute atomic E-state index is 0.127. The molecule has 29 heavy (non-hydrogen) atoms. The molecule has 0 aliphatic heterocycles. The van der Waals surface area contributed by atoms with Crippen LogP contribution in [0.2, 0.25) is 5.02 Å². The molecular weight excluding hydrogens is 411 g/mol. The quantitative estimate of drug-likeness (QED) is 0.647. The molecule has 1 amide bonds. The predicted octanol–water partition coefficient (Wildman–Crippen LogP) is 6.00. The lowest BCUT2D eigenvalue weighted by Gasteiger charge is -2.28. The molecule has 0 spiro atoms. The van der Waals surface area contributed by atoms with Gasteiger partial charge >= 0.3 is 18.2 Å². The van der Waals surface area contributed by atoms with Crippen LogP contribution in [0, 0.1) is 0 Å². The summed E-state index contributed by atoms with van der Waals surface area (Å²) in [6.07, 6.45) is -5.62. The first kappa shape index (κ1) is 22.5. The normalized spacial score (nSPS) is 11.8. The van der Waals surface area contributed by atoms with Gasteiger partial charge in [0.15, 0.2) is 0 Å². The van der Waals surface area contributed by atoms with Crippen LogP contribution in [0.4, 0.5) is 23.7 Å². The fourth-order valence-corrected chi connectivity index (χ4v) is 2.58. The number of carboxylic acids is 1. The number of amides is 1. The molecule has 0 aromatic heterocycles. The summed E-state index contributed by atoms with van der Waals surface area (Å²) in [4.78, 5) is 25.4. The molecule has 0 atom stereocenters. The Morgan fingerprint density at radius 2 is 1.66 bits per heavy atom. The molecule has 156 valence electrons. The number of benzene rings is 2. The number of rotatable bonds is 4. The van der Waals surface area contributed by atoms with Crippen molar-refractivity contribution in [3.8, 4) is 0 Å². The average Bonchev–Trinajstić information content (AvgIpc) is 2.58. The van der Waals surface area contributed by atoms with E-state index >= 15 is 0 Å². The molecule has 0 saturated carbocycles. The second kappa shape index (κ2) is 8.32. The Balaban J connectivity index is 2.56. The summed E-state index contributed by atoms with van der Waals surface area (Å²) in [5.41, 5.74) is -2.33. The van der Waals surface area contributed by atoms with Gasteiger partial charge in [-0.15, -0.1) is 0 Å². The first-order valence-electron chi connectivity index (χ1n) is 8.47. The summed E-state index contributed by atoms with van der Waals surface area (Å²) in [6, 6.07) is 8.56. The van der Waals surface area contributed by atoms with Gasteiger partial charge in [-0.2, -0.15) is 13.2 Å². The number of carboxylic acid groups (broad SMARTS) is 1. The second-order valence-electron chi connectivity index (χ2n) is 7.23. The van der Waals surface area contributed by atoms with Crippen LogP contribution in [0.15, 0.2) is 42.5 Å². The van der Waals surface area contributed by atoms with Crippen LogP contribution in [0.1, 0.15) is 42.3 Å². The summed E-state index contributed by atoms with van der Waals surface area (Å²) < 4.78 is 44.4. The topological polar surface area (TPSA) is 66.8 Å². The van der Waals surface area contributed by atoms with Crippen LogP contribution in [-0.2, 0) is 17.5 Å². The molecule has 1 N–H and O–H groups in total. The number of ether oxygens (including phenoxy) is 1. The Hall–Kier alpha value is -2.74. The zero-order chi connectivity index (χ0) is 22.0. The maximum Gasteiger partial charge on any atom is 0.416 e. The standard InChI is InChI=1S/C20H19ClF3NO4/c1-19(2,3)29-18(28)25(11-12-4-7-14(21)8-5-12)16-9-6-13(20(22,23)24)10-15(16)17(26)27/h4-10H,11H2,1-3H3,(H,26,27). The average molecular weight is 430 g/mol. The Labute approximate surface area is 170 Å². The molecule has 0 unspecified atom stereocenters. The number of carbonyl (C=O) groups is 2. The van der Waals surface area contributed by atoms with Crippen molar-refractivity contribution in [3.05, 3.63) is 64.2 Å². The van der Waals surface area contributed by atoms with Crippen LogP contribution >= 0.6 is 11.6 Å². The van der Waals surface area contributed by atoms with Crippen molar-refractivity contribution in [1.82, 2.24) is 0 Å². The molecular formula is C20H19ClF3NO4. The zero-order valence-corrected chi connectivity index (χ0v) is 16.6. The first-order chi connectivity index (χ1) is 13.3. The molecule has 0 radical (unpaired) electrons. The molecule has 5 nitrogen and oxygen atoms in total. The van der Waals surface area contributed by atoms with Crippen molar-refractivity contribution in [1.29, 1.82) is 0 Å². The molecule has 0 aliphatic rings. The third-order valence-electron chi connectivity index (χ3n) is 3.71. The lowest BCUT2D eigenvalue weighted by atomic mass is 10.1. The van der Waals surface area contributed by atoms with Crippen molar-refractivity contribution in [2.24, 2.45) is 0 Å². The fourth-order valence-electron chi connectivity index (χ4n) is 2.46. The van der Waals surface area contributed by atoms with Gasteiger partial charge in [0.2, 0.25) is 0 Å². The van der Waals surface area contributed by atoms with E-state index in [4.69, 9.17) is 16.3 Å². The van der Waals surface area contributed by atoms with E-state index in [2.05, 4.69) is 0 Å². The monoisotopic (exact) mass is 429 g/mol. The molecule has 2 aromatic carbocycles. The lowest BCUT2D eigenvalue weighted by molar-refractivity contribution is -0.137. The SMILES string of the molecule is CC(C)(C)OC(=O)N(Cc1ccc(Cl)cc1)c1ccc(C(F)(F)F)cc1C(=O)O. The smallest absolute Gasteiger partial charge is 0.416 e. The van der Waals surface area contributed by atoms with Crippen molar-refractivity contribution in [3.63, 3.8) is 0 Å². The van der Waals surface area contributed by atoms with Gasteiger partial charge in [0.25, 0.3) is 0 Å². The van der Waals surface area contributed by atoms with E-state index in [-0.39, 0.29) is 12.2 Å². The number of alkyl halides is 3. The number of carbonyl (C=O) groups excluding carboxylic acids is 1. The van der Waals surface area contributed by atoms with Crippen LogP contribution in [0.5, 0.6) is 0 Å². The Bertz CT molecular complexity index is 905. The summed E-state index contributed by atoms with van der Waals surface area (Å²) in [6.45, 7) is 4.74. The van der Waals surface area contributed by atoms with Gasteiger partial charge in [-0.05, 0) is 56.7 Å². The third kappa shape index (κ3) is 6.12. The molecule has 0 bridgehead atoms. The van der Waals surface area contributed by atoms with Gasteiger partial charge in [0.05, 0.1) is 23.4 Å². The number of anilines is 1. The van der Waals surface area contributed by atoms with Crippen LogP contribution in [0.25, 0.3) is 0 Å². The highest BCUT2D eigenvalue weighted by molar-refractivity contribution is 6.30. The van der Waals surface area contributed by atoms with Crippen LogP contribution in [0.3, 0.4) is 0 Å². The van der Waals surface area contributed by atoms with Gasteiger partial charge < -0.3 is 9.84 Å². The number of hydrogen-bond donors (Lipinski definition) is 1. The number of aromatic carboxylic acids is 1. The third-order valence-corrected chi connectivity index (χ3v) is 3.96. The Morgan fingerprint density at radius 1 is 1.07 bits per heavy atom. The predicted molar refractivity (Wildman–Crippen MR) is 102 cm³/mol. The highest BCUT2D eigenvalue weighted by atomic mass is 35.5. The largest absolute Gasteiger partial charge is 0.478 e. The van der Waals surface area contributed by atoms with E-state index < -0.39 is 35.0 Å². The van der Waals surface area contributed by atoms with Crippen LogP contribution in [-0.4, -0.2) is 22.8 Å². The molecule has 0 saturated heterocycles. The summed E-state index contributed by atoms with van der Waals surface area (Å²) in [5, 5.41) is 9.91. The summed E-state index contributed by atoms with van der Waals surface area (Å²) in [5.74, 6) is -1.60. The molecule has 9 heteroatoms. The minimum atomic E-state index is -4.73. The zero-order valence-electron chi connectivity index (χ0n) is 15.9. The summed E-state index contributed by atoms with van der Waals surface area (Å²) in [7, 11) is 0. The van der Waals surface area contributed by atoms with E-state index in [1.165, 1.54) is 0 Å². The Kier molecular flexibility index (Phi) is 6.47. The molecule has 2 aromatic rings. The molecule has 0 fully saturated rings. The van der Waals surface area contributed by atoms with Gasteiger partial charge in [-0.25, -0.2) is 9.59 Å². The van der Waals surface area contributed by atoms with Gasteiger partial charge in [0.1, 0.15) is 5.60 Å². The number of halogens is 4. The van der Waals surface area contributed by atoms with Gasteiger partial charge in [-0.3, -0.25) is 4.90 Å². The maximum absolute atomic E-state index is 13.0. The van der Waals surface area contributed by atoms with Crippen molar-refractivity contribution in [2.75, 3.05) is 4.90 Å². The first-order valence-corrected chi connectivity index (χ1v) is 8.85. The van der Waals surface area contributed by atoms with Gasteiger partial charge in [-0.1, -0.05) is 23.7 Å². The molecule has 0 aliphatic carbocycles. The van der Waals surface area contributed by atoms with Crippen molar-refractivity contribution < 1.29 is 32.6 Å².